The van der Waals surface area contributed by atoms with Crippen LogP contribution in [0.4, 0.5) is 4.79 Å². The van der Waals surface area contributed by atoms with Gasteiger partial charge < -0.3 is 5.73 Å². The van der Waals surface area contributed by atoms with E-state index in [1.807, 2.05) is 24.3 Å². The molecule has 1 rings (SSSR count). The fourth-order valence-electron chi connectivity index (χ4n) is 1.11. The number of amides is 2. The van der Waals surface area contributed by atoms with E-state index >= 15 is 0 Å². The van der Waals surface area contributed by atoms with E-state index in [2.05, 4.69) is 18.8 Å². The monoisotopic (exact) mass is 190 g/mol. The van der Waals surface area contributed by atoms with Crippen LogP contribution in [0, 0.1) is 0 Å². The maximum atomic E-state index is 10.4. The van der Waals surface area contributed by atoms with Gasteiger partial charge in [-0.3, -0.25) is 0 Å². The molecule has 0 saturated carbocycles. The zero-order chi connectivity index (χ0) is 10.6. The number of carbonyl (C=O) groups is 1. The van der Waals surface area contributed by atoms with Crippen LogP contribution in [0.2, 0.25) is 0 Å². The van der Waals surface area contributed by atoms with Gasteiger partial charge in [0, 0.05) is 6.21 Å². The van der Waals surface area contributed by atoms with Gasteiger partial charge in [-0.1, -0.05) is 38.1 Å². The van der Waals surface area contributed by atoms with Crippen molar-refractivity contribution in [3.05, 3.63) is 35.4 Å². The van der Waals surface area contributed by atoms with Crippen LogP contribution < -0.4 is 5.73 Å². The number of benzene rings is 1. The average molecular weight is 190 g/mol. The summed E-state index contributed by atoms with van der Waals surface area (Å²) < 4.78 is 0. The third-order valence-corrected chi connectivity index (χ3v) is 1.94. The second-order valence-corrected chi connectivity index (χ2v) is 3.42. The molecule has 3 heteroatoms. The summed E-state index contributed by atoms with van der Waals surface area (Å²) in [7, 11) is 0. The largest absolute Gasteiger partial charge is 0.350 e. The van der Waals surface area contributed by atoms with Crippen LogP contribution in [0.3, 0.4) is 0 Å². The summed E-state index contributed by atoms with van der Waals surface area (Å²) in [5, 5.41) is 0. The molecule has 3 nitrogen and oxygen atoms in total. The van der Waals surface area contributed by atoms with Crippen LogP contribution in [-0.2, 0) is 0 Å². The van der Waals surface area contributed by atoms with Crippen molar-refractivity contribution in [2.75, 3.05) is 0 Å². The summed E-state index contributed by atoms with van der Waals surface area (Å²) in [6, 6.07) is 7.21. The molecule has 0 atom stereocenters. The molecule has 0 bridgehead atoms. The summed E-state index contributed by atoms with van der Waals surface area (Å²) in [5.74, 6) is 0.511. The zero-order valence-corrected chi connectivity index (χ0v) is 8.40. The minimum absolute atomic E-state index is 0.511. The maximum absolute atomic E-state index is 10.4. The Labute approximate surface area is 83.7 Å². The first-order valence-corrected chi connectivity index (χ1v) is 4.53. The number of nitrogens with zero attached hydrogens (tertiary/aromatic N) is 1. The molecule has 0 aliphatic heterocycles. The van der Waals surface area contributed by atoms with E-state index in [1.54, 1.807) is 0 Å². The van der Waals surface area contributed by atoms with Crippen molar-refractivity contribution in [1.82, 2.24) is 0 Å². The number of nitrogens with two attached hydrogens (primary N) is 1. The van der Waals surface area contributed by atoms with Gasteiger partial charge in [-0.15, -0.1) is 0 Å². The van der Waals surface area contributed by atoms with Crippen molar-refractivity contribution >= 4 is 12.2 Å². The molecule has 1 aromatic carbocycles. The average Bonchev–Trinajstić information content (AvgIpc) is 2.15. The van der Waals surface area contributed by atoms with Crippen LogP contribution in [0.25, 0.3) is 0 Å². The third kappa shape index (κ3) is 3.01. The lowest BCUT2D eigenvalue weighted by Crippen LogP contribution is -2.04. The third-order valence-electron chi connectivity index (χ3n) is 1.94. The van der Waals surface area contributed by atoms with Gasteiger partial charge in [0.15, 0.2) is 0 Å². The van der Waals surface area contributed by atoms with Crippen LogP contribution in [0.1, 0.15) is 30.9 Å². The number of primary amides is 1. The molecule has 2 amide bonds. The van der Waals surface area contributed by atoms with E-state index < -0.39 is 6.03 Å². The minimum atomic E-state index is -0.669. The standard InChI is InChI=1S/C11H14N2O/c1-8(2)10-5-3-9(4-6-10)7-13-11(12)14/h3-8H,1-2H3,(H2,12,14). The van der Waals surface area contributed by atoms with E-state index in [0.29, 0.717) is 5.92 Å². The molecule has 0 radical (unpaired) electrons. The van der Waals surface area contributed by atoms with E-state index in [1.165, 1.54) is 11.8 Å². The molecule has 0 heterocycles. The van der Waals surface area contributed by atoms with Gasteiger partial charge in [-0.25, -0.2) is 9.79 Å². The Bertz CT molecular complexity index is 339. The van der Waals surface area contributed by atoms with Crippen LogP contribution in [0.15, 0.2) is 29.3 Å². The highest BCUT2D eigenvalue weighted by molar-refractivity contribution is 5.90. The first-order valence-electron chi connectivity index (χ1n) is 4.53. The van der Waals surface area contributed by atoms with Gasteiger partial charge in [-0.2, -0.15) is 0 Å². The van der Waals surface area contributed by atoms with Crippen molar-refractivity contribution in [3.8, 4) is 0 Å². The highest BCUT2D eigenvalue weighted by atomic mass is 16.2. The normalized spacial score (nSPS) is 11.1. The van der Waals surface area contributed by atoms with E-state index in [4.69, 9.17) is 5.73 Å². The number of rotatable bonds is 2. The fourth-order valence-corrected chi connectivity index (χ4v) is 1.11. The second kappa shape index (κ2) is 4.56. The van der Waals surface area contributed by atoms with Crippen LogP contribution in [-0.4, -0.2) is 12.2 Å². The predicted molar refractivity (Wildman–Crippen MR) is 57.7 cm³/mol. The molecule has 0 aliphatic carbocycles. The van der Waals surface area contributed by atoms with Crippen LogP contribution in [0.5, 0.6) is 0 Å². The Morgan fingerprint density at radius 2 is 1.93 bits per heavy atom. The van der Waals surface area contributed by atoms with Crippen molar-refractivity contribution < 1.29 is 4.79 Å². The van der Waals surface area contributed by atoms with Gasteiger partial charge in [0.2, 0.25) is 0 Å². The first kappa shape index (κ1) is 10.4. The van der Waals surface area contributed by atoms with Crippen molar-refractivity contribution in [2.24, 2.45) is 10.7 Å². The Hall–Kier alpha value is -1.64. The van der Waals surface area contributed by atoms with Crippen LogP contribution >= 0.6 is 0 Å². The van der Waals surface area contributed by atoms with Gasteiger partial charge in [-0.05, 0) is 17.0 Å². The van der Waals surface area contributed by atoms with E-state index in [0.717, 1.165) is 5.56 Å². The Balaban J connectivity index is 2.78. The molecule has 1 aromatic rings. The molecule has 2 N–H and O–H groups in total. The summed E-state index contributed by atoms with van der Waals surface area (Å²) in [6.45, 7) is 4.26. The van der Waals surface area contributed by atoms with E-state index in [-0.39, 0.29) is 0 Å². The smallest absolute Gasteiger partial charge is 0.338 e. The Morgan fingerprint density at radius 3 is 2.36 bits per heavy atom. The molecule has 0 aromatic heterocycles. The number of urea groups is 1. The lowest BCUT2D eigenvalue weighted by molar-refractivity contribution is 0.257. The second-order valence-electron chi connectivity index (χ2n) is 3.42. The highest BCUT2D eigenvalue weighted by Gasteiger charge is 1.97. The number of aliphatic imine (C=N–C) groups is 1. The topological polar surface area (TPSA) is 55.4 Å². The molecule has 0 aliphatic rings. The summed E-state index contributed by atoms with van der Waals surface area (Å²) in [5.41, 5.74) is 7.03. The molecule has 14 heavy (non-hydrogen) atoms. The minimum Gasteiger partial charge on any atom is -0.350 e. The van der Waals surface area contributed by atoms with E-state index in [9.17, 15) is 4.79 Å². The van der Waals surface area contributed by atoms with Gasteiger partial charge in [0.25, 0.3) is 0 Å². The Morgan fingerprint density at radius 1 is 1.36 bits per heavy atom. The van der Waals surface area contributed by atoms with Gasteiger partial charge in [0.1, 0.15) is 0 Å². The number of hydrogen-bond donors (Lipinski definition) is 1. The van der Waals surface area contributed by atoms with Gasteiger partial charge >= 0.3 is 6.03 Å². The lowest BCUT2D eigenvalue weighted by atomic mass is 10.0. The molecule has 0 fully saturated rings. The number of hydrogen-bond acceptors (Lipinski definition) is 1. The maximum Gasteiger partial charge on any atom is 0.338 e. The Kier molecular flexibility index (Phi) is 3.40. The predicted octanol–water partition coefficient (Wildman–Crippen LogP) is 2.31. The summed E-state index contributed by atoms with van der Waals surface area (Å²) in [6.07, 6.45) is 1.46. The SMILES string of the molecule is CC(C)c1ccc(C=NC(N)=O)cc1. The van der Waals surface area contributed by atoms with Crippen molar-refractivity contribution in [1.29, 1.82) is 0 Å². The molecule has 0 spiro atoms. The molecule has 74 valence electrons. The van der Waals surface area contributed by atoms with Gasteiger partial charge in [0.05, 0.1) is 0 Å². The zero-order valence-electron chi connectivity index (χ0n) is 8.40. The fraction of sp³-hybridized carbons (Fsp3) is 0.273. The highest BCUT2D eigenvalue weighted by Crippen LogP contribution is 2.13. The molecule has 0 saturated heterocycles. The number of carbonyl (C=O) groups excluding carboxylic acids is 1. The molecular weight excluding hydrogens is 176 g/mol. The molecule has 0 unspecified atom stereocenters. The summed E-state index contributed by atoms with van der Waals surface area (Å²) >= 11 is 0. The summed E-state index contributed by atoms with van der Waals surface area (Å²) in [4.78, 5) is 13.9. The first-order chi connectivity index (χ1) is 6.59. The quantitative estimate of drug-likeness (QED) is 0.715. The van der Waals surface area contributed by atoms with Crippen molar-refractivity contribution in [3.63, 3.8) is 0 Å². The lowest BCUT2D eigenvalue weighted by Gasteiger charge is -2.04. The van der Waals surface area contributed by atoms with Crippen molar-refractivity contribution in [2.45, 2.75) is 19.8 Å². The molecular formula is C11H14N2O.